The molecule has 5 nitrogen and oxygen atoms in total. The predicted molar refractivity (Wildman–Crippen MR) is 56.7 cm³/mol. The molecule has 1 aromatic rings. The van der Waals surface area contributed by atoms with Gasteiger partial charge in [0.1, 0.15) is 0 Å². The molecule has 1 unspecified atom stereocenters. The summed E-state index contributed by atoms with van der Waals surface area (Å²) < 4.78 is 4.38. The number of ether oxygens (including phenoxy) is 1. The first kappa shape index (κ1) is 14.1. The number of esters is 1. The molecule has 1 aromatic carbocycles. The highest BCUT2D eigenvalue weighted by Crippen LogP contribution is 2.12. The Bertz CT molecular complexity index is 329. The minimum atomic E-state index is -1.17. The van der Waals surface area contributed by atoms with E-state index < -0.39 is 18.0 Å². The van der Waals surface area contributed by atoms with Gasteiger partial charge >= 0.3 is 5.97 Å². The monoisotopic (exact) mass is 226 g/mol. The molecule has 0 saturated carbocycles. The van der Waals surface area contributed by atoms with E-state index in [1.165, 1.54) is 7.11 Å². The Balaban J connectivity index is 0.000000487. The third-order valence-corrected chi connectivity index (χ3v) is 1.54. The zero-order chi connectivity index (χ0) is 12.6. The number of aliphatic hydroxyl groups is 1. The summed E-state index contributed by atoms with van der Waals surface area (Å²) in [7, 11) is 1.24. The molecule has 1 rings (SSSR count). The molecule has 0 radical (unpaired) electrons. The molecule has 0 spiro atoms. The second-order valence-corrected chi connectivity index (χ2v) is 2.86. The molecular formula is C11H14O5. The van der Waals surface area contributed by atoms with Gasteiger partial charge in [-0.05, 0) is 5.56 Å². The molecule has 0 aliphatic rings. The van der Waals surface area contributed by atoms with Crippen LogP contribution in [0.4, 0.5) is 0 Å². The first-order valence-corrected chi connectivity index (χ1v) is 4.49. The molecule has 88 valence electrons. The number of methoxy groups -OCH3 is 1. The second-order valence-electron chi connectivity index (χ2n) is 2.86. The average molecular weight is 226 g/mol. The Morgan fingerprint density at radius 2 is 1.69 bits per heavy atom. The van der Waals surface area contributed by atoms with Crippen LogP contribution in [-0.2, 0) is 14.3 Å². The van der Waals surface area contributed by atoms with Gasteiger partial charge in [0.2, 0.25) is 0 Å². The van der Waals surface area contributed by atoms with Gasteiger partial charge in [0.15, 0.2) is 6.10 Å². The minimum absolute atomic E-state index is 0.546. The van der Waals surface area contributed by atoms with Gasteiger partial charge in [0.25, 0.3) is 5.97 Å². The van der Waals surface area contributed by atoms with Gasteiger partial charge in [-0.3, -0.25) is 4.79 Å². The molecule has 0 fully saturated rings. The van der Waals surface area contributed by atoms with E-state index in [2.05, 4.69) is 4.74 Å². The van der Waals surface area contributed by atoms with Gasteiger partial charge in [-0.2, -0.15) is 0 Å². The molecule has 0 bridgehead atoms. The van der Waals surface area contributed by atoms with Crippen molar-refractivity contribution in [3.63, 3.8) is 0 Å². The number of hydrogen-bond donors (Lipinski definition) is 2. The molecule has 0 heterocycles. The number of carbonyl (C=O) groups is 2. The van der Waals surface area contributed by atoms with E-state index in [0.29, 0.717) is 5.56 Å². The Kier molecular flexibility index (Phi) is 6.55. The SMILES string of the molecule is CC(=O)O.COC(=O)C(O)c1ccccc1. The molecular weight excluding hydrogens is 212 g/mol. The van der Waals surface area contributed by atoms with Crippen molar-refractivity contribution >= 4 is 11.9 Å². The van der Waals surface area contributed by atoms with Crippen molar-refractivity contribution in [3.05, 3.63) is 35.9 Å². The van der Waals surface area contributed by atoms with Crippen LogP contribution in [0.25, 0.3) is 0 Å². The predicted octanol–water partition coefficient (Wildman–Crippen LogP) is 0.984. The fourth-order valence-corrected chi connectivity index (χ4v) is 0.883. The van der Waals surface area contributed by atoms with E-state index in [-0.39, 0.29) is 0 Å². The highest BCUT2D eigenvalue weighted by Gasteiger charge is 2.16. The molecule has 0 aliphatic heterocycles. The van der Waals surface area contributed by atoms with Gasteiger partial charge in [-0.25, -0.2) is 4.79 Å². The van der Waals surface area contributed by atoms with Crippen LogP contribution >= 0.6 is 0 Å². The number of rotatable bonds is 2. The van der Waals surface area contributed by atoms with Crippen molar-refractivity contribution in [3.8, 4) is 0 Å². The van der Waals surface area contributed by atoms with Crippen molar-refractivity contribution in [2.75, 3.05) is 7.11 Å². The van der Waals surface area contributed by atoms with E-state index in [1.54, 1.807) is 24.3 Å². The van der Waals surface area contributed by atoms with Crippen LogP contribution in [0.2, 0.25) is 0 Å². The fraction of sp³-hybridized carbons (Fsp3) is 0.273. The summed E-state index contributed by atoms with van der Waals surface area (Å²) in [5, 5.41) is 16.7. The molecule has 16 heavy (non-hydrogen) atoms. The summed E-state index contributed by atoms with van der Waals surface area (Å²) in [6.45, 7) is 1.08. The van der Waals surface area contributed by atoms with E-state index in [4.69, 9.17) is 9.90 Å². The van der Waals surface area contributed by atoms with Gasteiger partial charge in [-0.1, -0.05) is 30.3 Å². The van der Waals surface area contributed by atoms with Crippen LogP contribution in [0.3, 0.4) is 0 Å². The summed E-state index contributed by atoms with van der Waals surface area (Å²) in [5.74, 6) is -1.47. The Labute approximate surface area is 93.3 Å². The molecule has 0 aromatic heterocycles. The van der Waals surface area contributed by atoms with E-state index in [0.717, 1.165) is 6.92 Å². The number of aliphatic carboxylic acids is 1. The molecule has 0 saturated heterocycles. The van der Waals surface area contributed by atoms with Gasteiger partial charge < -0.3 is 14.9 Å². The maximum atomic E-state index is 10.8. The lowest BCUT2D eigenvalue weighted by Gasteiger charge is -2.07. The Hall–Kier alpha value is -1.88. The lowest BCUT2D eigenvalue weighted by atomic mass is 10.1. The maximum Gasteiger partial charge on any atom is 0.339 e. The van der Waals surface area contributed by atoms with Crippen molar-refractivity contribution < 1.29 is 24.5 Å². The summed E-state index contributed by atoms with van der Waals surface area (Å²) in [6, 6.07) is 8.65. The highest BCUT2D eigenvalue weighted by molar-refractivity contribution is 5.75. The molecule has 5 heteroatoms. The zero-order valence-electron chi connectivity index (χ0n) is 9.08. The topological polar surface area (TPSA) is 83.8 Å². The normalized spacial score (nSPS) is 10.7. The summed E-state index contributed by atoms with van der Waals surface area (Å²) >= 11 is 0. The standard InChI is InChI=1S/C9H10O3.C2H4O2/c1-12-9(11)8(10)7-5-3-2-4-6-7;1-2(3)4/h2-6,8,10H,1H3;1H3,(H,3,4). The first-order valence-electron chi connectivity index (χ1n) is 4.49. The number of aliphatic hydroxyl groups excluding tert-OH is 1. The third kappa shape index (κ3) is 5.77. The molecule has 0 aliphatic carbocycles. The van der Waals surface area contributed by atoms with Crippen molar-refractivity contribution in [2.45, 2.75) is 13.0 Å². The van der Waals surface area contributed by atoms with Crippen LogP contribution in [0.1, 0.15) is 18.6 Å². The average Bonchev–Trinajstić information content (AvgIpc) is 2.27. The van der Waals surface area contributed by atoms with Crippen molar-refractivity contribution in [1.82, 2.24) is 0 Å². The van der Waals surface area contributed by atoms with E-state index in [1.807, 2.05) is 6.07 Å². The third-order valence-electron chi connectivity index (χ3n) is 1.54. The first-order chi connectivity index (χ1) is 7.49. The van der Waals surface area contributed by atoms with Crippen LogP contribution in [0, 0.1) is 0 Å². The van der Waals surface area contributed by atoms with Crippen LogP contribution in [-0.4, -0.2) is 29.3 Å². The maximum absolute atomic E-state index is 10.8. The number of carbonyl (C=O) groups excluding carboxylic acids is 1. The minimum Gasteiger partial charge on any atom is -0.481 e. The quantitative estimate of drug-likeness (QED) is 0.734. The van der Waals surface area contributed by atoms with Gasteiger partial charge in [0.05, 0.1) is 7.11 Å². The molecule has 1 atom stereocenters. The largest absolute Gasteiger partial charge is 0.481 e. The Morgan fingerprint density at radius 3 is 2.06 bits per heavy atom. The van der Waals surface area contributed by atoms with Gasteiger partial charge in [-0.15, -0.1) is 0 Å². The summed E-state index contributed by atoms with van der Waals surface area (Å²) in [5.41, 5.74) is 0.546. The number of carboxylic acid groups (broad SMARTS) is 1. The summed E-state index contributed by atoms with van der Waals surface area (Å²) in [4.78, 5) is 19.8. The van der Waals surface area contributed by atoms with Crippen LogP contribution in [0.15, 0.2) is 30.3 Å². The lowest BCUT2D eigenvalue weighted by Crippen LogP contribution is -2.13. The van der Waals surface area contributed by atoms with Crippen LogP contribution in [0.5, 0.6) is 0 Å². The summed E-state index contributed by atoms with van der Waals surface area (Å²) in [6.07, 6.45) is -1.17. The zero-order valence-corrected chi connectivity index (χ0v) is 9.08. The van der Waals surface area contributed by atoms with Crippen LogP contribution < -0.4 is 0 Å². The van der Waals surface area contributed by atoms with E-state index >= 15 is 0 Å². The fourth-order valence-electron chi connectivity index (χ4n) is 0.883. The van der Waals surface area contributed by atoms with Gasteiger partial charge in [0, 0.05) is 6.92 Å². The number of carboxylic acids is 1. The molecule has 0 amide bonds. The number of benzene rings is 1. The Morgan fingerprint density at radius 1 is 1.25 bits per heavy atom. The highest BCUT2D eigenvalue weighted by atomic mass is 16.5. The molecule has 2 N–H and O–H groups in total. The smallest absolute Gasteiger partial charge is 0.339 e. The van der Waals surface area contributed by atoms with Crippen molar-refractivity contribution in [1.29, 1.82) is 0 Å². The lowest BCUT2D eigenvalue weighted by molar-refractivity contribution is -0.150. The number of hydrogen-bond acceptors (Lipinski definition) is 4. The second kappa shape index (κ2) is 7.42. The van der Waals surface area contributed by atoms with E-state index in [9.17, 15) is 9.90 Å². The van der Waals surface area contributed by atoms with Crippen molar-refractivity contribution in [2.24, 2.45) is 0 Å².